The van der Waals surface area contributed by atoms with Crippen LogP contribution in [-0.2, 0) is 0 Å². The van der Waals surface area contributed by atoms with Crippen molar-refractivity contribution in [3.63, 3.8) is 0 Å². The Balaban J connectivity index is 2.03. The van der Waals surface area contributed by atoms with Gasteiger partial charge in [-0.05, 0) is 44.0 Å². The number of carbonyl (C=O) groups excluding carboxylic acids is 1. The number of benzene rings is 1. The molecule has 2 rings (SSSR count). The first kappa shape index (κ1) is 14.0. The molecule has 1 N–H and O–H groups in total. The highest BCUT2D eigenvalue weighted by atomic mass is 79.9. The fraction of sp³-hybridized carbons (Fsp3) is 0. The Labute approximate surface area is 124 Å². The molecule has 7 heteroatoms. The number of amides is 1. The summed E-state index contributed by atoms with van der Waals surface area (Å²) in [6.07, 6.45) is 1.31. The van der Waals surface area contributed by atoms with E-state index < -0.39 is 11.7 Å². The van der Waals surface area contributed by atoms with Crippen molar-refractivity contribution in [2.24, 2.45) is 5.10 Å². The number of nitrogens with one attached hydrogen (secondary N) is 1. The van der Waals surface area contributed by atoms with E-state index in [4.69, 9.17) is 4.42 Å². The maximum atomic E-state index is 13.3. The zero-order valence-electron chi connectivity index (χ0n) is 9.36. The summed E-state index contributed by atoms with van der Waals surface area (Å²) < 4.78 is 19.8. The summed E-state index contributed by atoms with van der Waals surface area (Å²) in [4.78, 5) is 11.6. The van der Waals surface area contributed by atoms with E-state index in [9.17, 15) is 9.18 Å². The molecule has 0 aliphatic heterocycles. The van der Waals surface area contributed by atoms with Gasteiger partial charge in [0, 0.05) is 6.07 Å². The summed E-state index contributed by atoms with van der Waals surface area (Å²) in [7, 11) is 0. The number of hydrazone groups is 1. The van der Waals surface area contributed by atoms with Gasteiger partial charge in [0.25, 0.3) is 5.91 Å². The number of carbonyl (C=O) groups is 1. The van der Waals surface area contributed by atoms with Gasteiger partial charge in [-0.25, -0.2) is 9.82 Å². The third-order valence-electron chi connectivity index (χ3n) is 2.14. The van der Waals surface area contributed by atoms with Gasteiger partial charge in [0.2, 0.25) is 0 Å². The van der Waals surface area contributed by atoms with E-state index in [1.165, 1.54) is 24.4 Å². The maximum Gasteiger partial charge on any atom is 0.274 e. The molecule has 19 heavy (non-hydrogen) atoms. The highest BCUT2D eigenvalue weighted by Crippen LogP contribution is 2.25. The van der Waals surface area contributed by atoms with Crippen LogP contribution < -0.4 is 5.43 Å². The Morgan fingerprint density at radius 2 is 2.11 bits per heavy atom. The van der Waals surface area contributed by atoms with E-state index in [0.29, 0.717) is 10.4 Å². The zero-order valence-corrected chi connectivity index (χ0v) is 12.5. The van der Waals surface area contributed by atoms with E-state index >= 15 is 0 Å². The predicted octanol–water partition coefficient (Wildman–Crippen LogP) is 3.71. The Hall–Kier alpha value is -1.47. The molecular formula is C12H7Br2FN2O2. The standard InChI is InChI=1S/C12H7Br2FN2O2/c13-9-5-7(19-11(9)14)6-16-17-12(18)8-3-1-2-4-10(8)15/h1-6H,(H,17,18)/b16-6-. The molecule has 0 spiro atoms. The molecule has 98 valence electrons. The van der Waals surface area contributed by atoms with Crippen LogP contribution in [0.25, 0.3) is 0 Å². The lowest BCUT2D eigenvalue weighted by Gasteiger charge is -1.99. The van der Waals surface area contributed by atoms with Crippen LogP contribution in [0.15, 0.2) is 49.0 Å². The largest absolute Gasteiger partial charge is 0.447 e. The highest BCUT2D eigenvalue weighted by molar-refractivity contribution is 9.13. The van der Waals surface area contributed by atoms with Crippen LogP contribution >= 0.6 is 31.9 Å². The molecule has 0 aliphatic carbocycles. The Morgan fingerprint density at radius 1 is 1.37 bits per heavy atom. The van der Waals surface area contributed by atoms with Crippen LogP contribution in [0.3, 0.4) is 0 Å². The summed E-state index contributed by atoms with van der Waals surface area (Å²) in [5, 5.41) is 3.69. The first-order valence-corrected chi connectivity index (χ1v) is 6.69. The van der Waals surface area contributed by atoms with Crippen LogP contribution in [0.1, 0.15) is 16.1 Å². The van der Waals surface area contributed by atoms with Gasteiger partial charge in [0.1, 0.15) is 11.6 Å². The van der Waals surface area contributed by atoms with Crippen molar-refractivity contribution < 1.29 is 13.6 Å². The monoisotopic (exact) mass is 388 g/mol. The summed E-state index contributed by atoms with van der Waals surface area (Å²) in [6, 6.07) is 7.33. The van der Waals surface area contributed by atoms with Crippen molar-refractivity contribution in [1.82, 2.24) is 5.43 Å². The normalized spacial score (nSPS) is 10.9. The lowest BCUT2D eigenvalue weighted by Crippen LogP contribution is -2.18. The van der Waals surface area contributed by atoms with Gasteiger partial charge in [-0.3, -0.25) is 4.79 Å². The summed E-state index contributed by atoms with van der Waals surface area (Å²) in [6.45, 7) is 0. The Morgan fingerprint density at radius 3 is 2.74 bits per heavy atom. The Bertz CT molecular complexity index is 621. The van der Waals surface area contributed by atoms with Crippen molar-refractivity contribution >= 4 is 44.0 Å². The number of halogens is 3. The molecule has 0 bridgehead atoms. The quantitative estimate of drug-likeness (QED) is 0.642. The summed E-state index contributed by atoms with van der Waals surface area (Å²) in [5.74, 6) is -0.787. The third-order valence-corrected chi connectivity index (χ3v) is 3.85. The SMILES string of the molecule is O=C(N/N=C\c1cc(Br)c(Br)o1)c1ccccc1F. The van der Waals surface area contributed by atoms with Gasteiger partial charge in [0.05, 0.1) is 16.3 Å². The molecule has 0 radical (unpaired) electrons. The minimum absolute atomic E-state index is 0.0681. The molecule has 1 heterocycles. The molecule has 0 aliphatic rings. The minimum atomic E-state index is -0.626. The van der Waals surface area contributed by atoms with Gasteiger partial charge >= 0.3 is 0 Å². The van der Waals surface area contributed by atoms with E-state index in [1.807, 2.05) is 0 Å². The number of rotatable bonds is 3. The van der Waals surface area contributed by atoms with Crippen molar-refractivity contribution in [2.45, 2.75) is 0 Å². The minimum Gasteiger partial charge on any atom is -0.447 e. The van der Waals surface area contributed by atoms with Crippen molar-refractivity contribution in [1.29, 1.82) is 0 Å². The van der Waals surface area contributed by atoms with Crippen molar-refractivity contribution in [3.8, 4) is 0 Å². The molecule has 1 amide bonds. The lowest BCUT2D eigenvalue weighted by molar-refractivity contribution is 0.0951. The molecule has 0 unspecified atom stereocenters. The van der Waals surface area contributed by atoms with Gasteiger partial charge in [-0.15, -0.1) is 0 Å². The number of hydrogen-bond donors (Lipinski definition) is 1. The van der Waals surface area contributed by atoms with Gasteiger partial charge in [-0.2, -0.15) is 5.10 Å². The number of furan rings is 1. The fourth-order valence-corrected chi connectivity index (χ4v) is 1.89. The van der Waals surface area contributed by atoms with Crippen LogP contribution in [-0.4, -0.2) is 12.1 Å². The smallest absolute Gasteiger partial charge is 0.274 e. The van der Waals surface area contributed by atoms with E-state index in [-0.39, 0.29) is 5.56 Å². The molecule has 4 nitrogen and oxygen atoms in total. The number of hydrogen-bond acceptors (Lipinski definition) is 3. The van der Waals surface area contributed by atoms with Crippen LogP contribution in [0.2, 0.25) is 0 Å². The van der Waals surface area contributed by atoms with Crippen LogP contribution in [0, 0.1) is 5.82 Å². The molecule has 0 saturated carbocycles. The molecule has 1 aromatic heterocycles. The second kappa shape index (κ2) is 6.12. The van der Waals surface area contributed by atoms with E-state index in [2.05, 4.69) is 42.4 Å². The molecule has 1 aromatic carbocycles. The third kappa shape index (κ3) is 3.51. The Kier molecular flexibility index (Phi) is 4.49. The second-order valence-corrected chi connectivity index (χ2v) is 5.02. The van der Waals surface area contributed by atoms with Crippen LogP contribution in [0.4, 0.5) is 4.39 Å². The summed E-state index contributed by atoms with van der Waals surface area (Å²) in [5.41, 5.74) is 2.15. The van der Waals surface area contributed by atoms with E-state index in [1.54, 1.807) is 12.1 Å². The second-order valence-electron chi connectivity index (χ2n) is 3.45. The fourth-order valence-electron chi connectivity index (χ4n) is 1.29. The summed E-state index contributed by atoms with van der Waals surface area (Å²) >= 11 is 6.41. The first-order chi connectivity index (χ1) is 9.08. The molecule has 0 saturated heterocycles. The average molecular weight is 390 g/mol. The topological polar surface area (TPSA) is 54.6 Å². The molecule has 0 atom stereocenters. The first-order valence-electron chi connectivity index (χ1n) is 5.10. The van der Waals surface area contributed by atoms with Gasteiger partial charge < -0.3 is 4.42 Å². The van der Waals surface area contributed by atoms with Crippen molar-refractivity contribution in [2.75, 3.05) is 0 Å². The van der Waals surface area contributed by atoms with Crippen molar-refractivity contribution in [3.05, 3.63) is 56.6 Å². The van der Waals surface area contributed by atoms with Crippen LogP contribution in [0.5, 0.6) is 0 Å². The lowest BCUT2D eigenvalue weighted by atomic mass is 10.2. The zero-order chi connectivity index (χ0) is 13.8. The van der Waals surface area contributed by atoms with Gasteiger partial charge in [0.15, 0.2) is 4.67 Å². The predicted molar refractivity (Wildman–Crippen MR) is 75.6 cm³/mol. The highest BCUT2D eigenvalue weighted by Gasteiger charge is 2.09. The molecular weight excluding hydrogens is 383 g/mol. The number of nitrogens with zero attached hydrogens (tertiary/aromatic N) is 1. The van der Waals surface area contributed by atoms with E-state index in [0.717, 1.165) is 4.47 Å². The molecule has 0 fully saturated rings. The van der Waals surface area contributed by atoms with Gasteiger partial charge in [-0.1, -0.05) is 12.1 Å². The maximum absolute atomic E-state index is 13.3. The average Bonchev–Trinajstić information content (AvgIpc) is 2.69. The molecule has 2 aromatic rings.